The molecule has 0 unspecified atom stereocenters. The molecule has 3 amide bonds. The fraction of sp³-hybridized carbons (Fsp3) is 0.296. The molecule has 2 radical (unpaired) electrons. The SMILES string of the molecule is [B]c1cc(/C=C/C(=O)NC2(C(=O)NCCc3c[nH]c4ccc(F)cc34)CCN(C(=O)C(F)(F)F)CC2)ccc1F. The molecule has 3 N–H and O–H groups in total. The number of piperidine rings is 1. The van der Waals surface area contributed by atoms with Crippen LogP contribution in [0.2, 0.25) is 0 Å². The van der Waals surface area contributed by atoms with Gasteiger partial charge in [-0.15, -0.1) is 0 Å². The fourth-order valence-electron chi connectivity index (χ4n) is 4.63. The average molecular weight is 558 g/mol. The first-order valence-corrected chi connectivity index (χ1v) is 12.3. The molecular formula is C27H24BF5N4O3. The first-order valence-electron chi connectivity index (χ1n) is 12.3. The van der Waals surface area contributed by atoms with Crippen molar-refractivity contribution in [3.63, 3.8) is 0 Å². The van der Waals surface area contributed by atoms with E-state index >= 15 is 0 Å². The Morgan fingerprint density at radius 2 is 1.80 bits per heavy atom. The second kappa shape index (κ2) is 11.5. The van der Waals surface area contributed by atoms with E-state index in [9.17, 15) is 36.3 Å². The number of rotatable bonds is 7. The van der Waals surface area contributed by atoms with Crippen molar-refractivity contribution >= 4 is 48.0 Å². The minimum Gasteiger partial charge on any atom is -0.361 e. The maximum absolute atomic E-state index is 13.7. The molecule has 7 nitrogen and oxygen atoms in total. The molecule has 1 aliphatic rings. The zero-order valence-electron chi connectivity index (χ0n) is 21.1. The average Bonchev–Trinajstić information content (AvgIpc) is 3.30. The molecule has 208 valence electrons. The summed E-state index contributed by atoms with van der Waals surface area (Å²) in [6.07, 6.45) is -1.16. The summed E-state index contributed by atoms with van der Waals surface area (Å²) < 4.78 is 65.9. The van der Waals surface area contributed by atoms with Crippen LogP contribution in [0, 0.1) is 11.6 Å². The van der Waals surface area contributed by atoms with Gasteiger partial charge in [-0.1, -0.05) is 17.6 Å². The van der Waals surface area contributed by atoms with E-state index in [1.165, 1.54) is 30.3 Å². The molecule has 0 saturated carbocycles. The van der Waals surface area contributed by atoms with Crippen LogP contribution in [0.3, 0.4) is 0 Å². The standard InChI is InChI=1S/C27H24BF5N4O3/c28-20-13-16(1-4-21(20)30)2-6-23(38)36-26(8-11-37(12-9-26)25(40)27(31,32)33)24(39)34-10-7-17-15-35-22-5-3-18(29)14-19(17)22/h1-6,13-15,35H,7-12H2,(H,34,39)(H,36,38)/b6-2+. The molecule has 2 heterocycles. The monoisotopic (exact) mass is 558 g/mol. The molecule has 2 aromatic carbocycles. The van der Waals surface area contributed by atoms with Crippen molar-refractivity contribution in [2.75, 3.05) is 19.6 Å². The van der Waals surface area contributed by atoms with Crippen molar-refractivity contribution in [3.8, 4) is 0 Å². The number of nitrogens with zero attached hydrogens (tertiary/aromatic N) is 1. The number of fused-ring (bicyclic) bond motifs is 1. The molecule has 4 rings (SSSR count). The second-order valence-electron chi connectivity index (χ2n) is 9.49. The predicted molar refractivity (Wildman–Crippen MR) is 139 cm³/mol. The van der Waals surface area contributed by atoms with E-state index in [1.54, 1.807) is 12.3 Å². The molecule has 1 aromatic heterocycles. The number of carbonyl (C=O) groups is 3. The summed E-state index contributed by atoms with van der Waals surface area (Å²) in [7, 11) is 5.53. The van der Waals surface area contributed by atoms with E-state index in [-0.39, 0.29) is 24.8 Å². The van der Waals surface area contributed by atoms with Crippen LogP contribution in [-0.4, -0.2) is 66.8 Å². The molecule has 0 spiro atoms. The molecule has 1 saturated heterocycles. The van der Waals surface area contributed by atoms with Gasteiger partial charge in [-0.25, -0.2) is 8.78 Å². The number of alkyl halides is 3. The van der Waals surface area contributed by atoms with Crippen LogP contribution in [0.1, 0.15) is 24.0 Å². The third-order valence-corrected chi connectivity index (χ3v) is 6.80. The number of hydrogen-bond donors (Lipinski definition) is 3. The molecule has 3 aromatic rings. The number of hydrogen-bond acceptors (Lipinski definition) is 3. The molecular weight excluding hydrogens is 534 g/mol. The smallest absolute Gasteiger partial charge is 0.361 e. The zero-order valence-corrected chi connectivity index (χ0v) is 21.1. The minimum atomic E-state index is -5.07. The normalized spacial score (nSPS) is 15.4. The van der Waals surface area contributed by atoms with Crippen LogP contribution in [-0.2, 0) is 20.8 Å². The minimum absolute atomic E-state index is 0.0931. The van der Waals surface area contributed by atoms with E-state index in [2.05, 4.69) is 15.6 Å². The maximum Gasteiger partial charge on any atom is 0.471 e. The summed E-state index contributed by atoms with van der Waals surface area (Å²) in [6, 6.07) is 8.07. The Hall–Kier alpha value is -4.16. The number of aromatic amines is 1. The van der Waals surface area contributed by atoms with Gasteiger partial charge in [0.05, 0.1) is 0 Å². The molecule has 0 aliphatic carbocycles. The lowest BCUT2D eigenvalue weighted by atomic mass is 9.86. The van der Waals surface area contributed by atoms with Crippen LogP contribution in [0.25, 0.3) is 17.0 Å². The molecule has 1 aliphatic heterocycles. The van der Waals surface area contributed by atoms with E-state index in [1.807, 2.05) is 0 Å². The van der Waals surface area contributed by atoms with Crippen LogP contribution in [0.4, 0.5) is 22.0 Å². The molecule has 40 heavy (non-hydrogen) atoms. The Kier molecular flexibility index (Phi) is 8.31. The van der Waals surface area contributed by atoms with Crippen molar-refractivity contribution in [2.45, 2.75) is 31.0 Å². The highest BCUT2D eigenvalue weighted by Crippen LogP contribution is 2.27. The number of amides is 3. The first-order chi connectivity index (χ1) is 18.9. The van der Waals surface area contributed by atoms with E-state index in [0.29, 0.717) is 27.8 Å². The van der Waals surface area contributed by atoms with Gasteiger partial charge in [0.2, 0.25) is 11.8 Å². The van der Waals surface area contributed by atoms with Gasteiger partial charge in [-0.3, -0.25) is 14.4 Å². The van der Waals surface area contributed by atoms with Gasteiger partial charge in [-0.05, 0) is 60.7 Å². The Bertz CT molecular complexity index is 1460. The number of H-pyrrole nitrogens is 1. The van der Waals surface area contributed by atoms with Gasteiger partial charge in [0.15, 0.2) is 0 Å². The van der Waals surface area contributed by atoms with Crippen LogP contribution in [0.15, 0.2) is 48.7 Å². The predicted octanol–water partition coefficient (Wildman–Crippen LogP) is 2.65. The van der Waals surface area contributed by atoms with Crippen molar-refractivity contribution in [1.29, 1.82) is 0 Å². The van der Waals surface area contributed by atoms with E-state index in [0.717, 1.165) is 17.7 Å². The molecule has 0 atom stereocenters. The highest BCUT2D eigenvalue weighted by molar-refractivity contribution is 6.32. The highest BCUT2D eigenvalue weighted by atomic mass is 19.4. The Morgan fingerprint density at radius 3 is 2.48 bits per heavy atom. The Morgan fingerprint density at radius 1 is 1.07 bits per heavy atom. The summed E-state index contributed by atoms with van der Waals surface area (Å²) in [5, 5.41) is 5.94. The van der Waals surface area contributed by atoms with Crippen molar-refractivity contribution < 1.29 is 36.3 Å². The number of halogens is 5. The Balaban J connectivity index is 1.47. The third kappa shape index (κ3) is 6.52. The highest BCUT2D eigenvalue weighted by Gasteiger charge is 2.48. The van der Waals surface area contributed by atoms with Crippen molar-refractivity contribution in [1.82, 2.24) is 20.5 Å². The summed E-state index contributed by atoms with van der Waals surface area (Å²) in [6.45, 7) is -0.728. The lowest BCUT2D eigenvalue weighted by molar-refractivity contribution is -0.187. The number of carbonyl (C=O) groups excluding carboxylic acids is 3. The van der Waals surface area contributed by atoms with Gasteiger partial charge >= 0.3 is 12.1 Å². The summed E-state index contributed by atoms with van der Waals surface area (Å²) in [5.41, 5.74) is 0.131. The zero-order chi connectivity index (χ0) is 29.1. The number of aromatic nitrogens is 1. The second-order valence-corrected chi connectivity index (χ2v) is 9.49. The quantitative estimate of drug-likeness (QED) is 0.237. The maximum atomic E-state index is 13.7. The van der Waals surface area contributed by atoms with Gasteiger partial charge in [0.1, 0.15) is 25.0 Å². The summed E-state index contributed by atoms with van der Waals surface area (Å²) >= 11 is 0. The van der Waals surface area contributed by atoms with Crippen LogP contribution < -0.4 is 16.1 Å². The van der Waals surface area contributed by atoms with Gasteiger partial charge in [0, 0.05) is 42.8 Å². The lowest BCUT2D eigenvalue weighted by Crippen LogP contribution is -2.64. The number of benzene rings is 2. The topological polar surface area (TPSA) is 94.3 Å². The molecule has 13 heteroatoms. The Labute approximate surface area is 227 Å². The third-order valence-electron chi connectivity index (χ3n) is 6.80. The van der Waals surface area contributed by atoms with Crippen LogP contribution >= 0.6 is 0 Å². The summed E-state index contributed by atoms with van der Waals surface area (Å²) in [4.78, 5) is 41.4. The van der Waals surface area contributed by atoms with Crippen LogP contribution in [0.5, 0.6) is 0 Å². The number of nitrogens with one attached hydrogen (secondary N) is 3. The molecule has 1 fully saturated rings. The van der Waals surface area contributed by atoms with E-state index < -0.39 is 54.2 Å². The lowest BCUT2D eigenvalue weighted by Gasteiger charge is -2.41. The fourth-order valence-corrected chi connectivity index (χ4v) is 4.63. The first kappa shape index (κ1) is 28.8. The van der Waals surface area contributed by atoms with Crippen molar-refractivity contribution in [3.05, 3.63) is 71.4 Å². The molecule has 0 bridgehead atoms. The van der Waals surface area contributed by atoms with Gasteiger partial charge in [-0.2, -0.15) is 13.2 Å². The number of likely N-dealkylation sites (tertiary alicyclic amines) is 1. The van der Waals surface area contributed by atoms with Gasteiger partial charge < -0.3 is 20.5 Å². The van der Waals surface area contributed by atoms with Gasteiger partial charge in [0.25, 0.3) is 0 Å². The van der Waals surface area contributed by atoms with Crippen molar-refractivity contribution in [2.24, 2.45) is 0 Å². The van der Waals surface area contributed by atoms with E-state index in [4.69, 9.17) is 7.85 Å². The summed E-state index contributed by atoms with van der Waals surface area (Å²) in [5.74, 6) is -4.43. The largest absolute Gasteiger partial charge is 0.471 e.